The van der Waals surface area contributed by atoms with E-state index >= 15 is 0 Å². The van der Waals surface area contributed by atoms with E-state index in [4.69, 9.17) is 16.0 Å². The fourth-order valence-electron chi connectivity index (χ4n) is 2.90. The molecule has 0 amide bonds. The number of anilines is 2. The molecule has 1 aliphatic rings. The summed E-state index contributed by atoms with van der Waals surface area (Å²) in [7, 11) is 0. The van der Waals surface area contributed by atoms with Crippen LogP contribution in [0.1, 0.15) is 24.2 Å². The van der Waals surface area contributed by atoms with Crippen molar-refractivity contribution in [2.45, 2.75) is 25.6 Å². The van der Waals surface area contributed by atoms with Crippen LogP contribution in [0.5, 0.6) is 0 Å². The number of nitrogens with zero attached hydrogens (tertiary/aromatic N) is 4. The van der Waals surface area contributed by atoms with E-state index < -0.39 is 16.8 Å². The van der Waals surface area contributed by atoms with Crippen LogP contribution < -0.4 is 5.32 Å². The molecule has 3 aromatic rings. The molecule has 0 unspecified atom stereocenters. The van der Waals surface area contributed by atoms with Crippen LogP contribution in [0, 0.1) is 0 Å². The Morgan fingerprint density at radius 3 is 2.73 bits per heavy atom. The highest BCUT2D eigenvalue weighted by molar-refractivity contribution is 6.32. The number of fused-ring (bicyclic) bond motifs is 1. The molecule has 0 atom stereocenters. The third kappa shape index (κ3) is 3.47. The van der Waals surface area contributed by atoms with E-state index in [9.17, 15) is 13.2 Å². The zero-order valence-corrected chi connectivity index (χ0v) is 14.2. The lowest BCUT2D eigenvalue weighted by Crippen LogP contribution is -2.19. The normalized spacial score (nSPS) is 15.8. The first-order chi connectivity index (χ1) is 12.4. The number of oxazole rings is 1. The summed E-state index contributed by atoms with van der Waals surface area (Å²) in [6.45, 7) is 2.71. The summed E-state index contributed by atoms with van der Waals surface area (Å²) in [4.78, 5) is 9.25. The number of nitrogens with one attached hydrogen (secondary N) is 2. The molecule has 1 saturated heterocycles. The molecule has 26 heavy (non-hydrogen) atoms. The monoisotopic (exact) mass is 386 g/mol. The number of aromatic amines is 1. The summed E-state index contributed by atoms with van der Waals surface area (Å²) in [6, 6.07) is 1.95. The fourth-order valence-corrected chi connectivity index (χ4v) is 3.16. The van der Waals surface area contributed by atoms with Gasteiger partial charge in [0, 0.05) is 6.07 Å². The lowest BCUT2D eigenvalue weighted by molar-refractivity contribution is -0.137. The van der Waals surface area contributed by atoms with Crippen molar-refractivity contribution in [1.29, 1.82) is 0 Å². The van der Waals surface area contributed by atoms with Crippen LogP contribution >= 0.6 is 11.6 Å². The van der Waals surface area contributed by atoms with E-state index in [-0.39, 0.29) is 17.1 Å². The van der Waals surface area contributed by atoms with Crippen LogP contribution in [0.2, 0.25) is 5.02 Å². The average Bonchev–Trinajstić information content (AvgIpc) is 3.27. The molecule has 3 heterocycles. The Hall–Kier alpha value is -2.33. The molecular formula is C15H14ClF3N6O. The van der Waals surface area contributed by atoms with Gasteiger partial charge < -0.3 is 9.40 Å². The van der Waals surface area contributed by atoms with Gasteiger partial charge in [0.1, 0.15) is 11.3 Å². The van der Waals surface area contributed by atoms with Crippen molar-refractivity contribution in [3.63, 3.8) is 0 Å². The Morgan fingerprint density at radius 2 is 2.00 bits per heavy atom. The number of alkyl halides is 3. The molecule has 0 radical (unpaired) electrons. The lowest BCUT2D eigenvalue weighted by Gasteiger charge is -2.11. The van der Waals surface area contributed by atoms with Gasteiger partial charge in [0.15, 0.2) is 5.58 Å². The number of rotatable bonds is 4. The average molecular weight is 387 g/mol. The molecule has 2 N–H and O–H groups in total. The lowest BCUT2D eigenvalue weighted by atomic mass is 10.2. The summed E-state index contributed by atoms with van der Waals surface area (Å²) in [6.07, 6.45) is -2.22. The number of likely N-dealkylation sites (tertiary alicyclic amines) is 1. The number of hydrogen-bond acceptors (Lipinski definition) is 6. The highest BCUT2D eigenvalue weighted by Crippen LogP contribution is 2.37. The van der Waals surface area contributed by atoms with E-state index in [0.29, 0.717) is 18.3 Å². The molecule has 0 spiro atoms. The van der Waals surface area contributed by atoms with Crippen LogP contribution in [0.25, 0.3) is 11.1 Å². The second-order valence-corrected chi connectivity index (χ2v) is 6.45. The van der Waals surface area contributed by atoms with Crippen molar-refractivity contribution in [3.05, 3.63) is 28.5 Å². The van der Waals surface area contributed by atoms with Crippen molar-refractivity contribution >= 4 is 34.7 Å². The van der Waals surface area contributed by atoms with Gasteiger partial charge in [-0.3, -0.25) is 10.2 Å². The zero-order chi connectivity index (χ0) is 18.3. The summed E-state index contributed by atoms with van der Waals surface area (Å²) < 4.78 is 44.1. The molecular weight excluding hydrogens is 373 g/mol. The van der Waals surface area contributed by atoms with Gasteiger partial charge >= 0.3 is 12.2 Å². The SMILES string of the molecule is FC(F)(F)c1cc2nc(Nc3nnc(CN4CCCC4)[nH]3)oc2cc1Cl. The molecule has 0 saturated carbocycles. The minimum atomic E-state index is -4.56. The number of halogens is 4. The van der Waals surface area contributed by atoms with Crippen LogP contribution in [0.3, 0.4) is 0 Å². The molecule has 4 rings (SSSR count). The smallest absolute Gasteiger partial charge is 0.417 e. The van der Waals surface area contributed by atoms with Crippen LogP contribution in [-0.2, 0) is 12.7 Å². The number of hydrogen-bond donors (Lipinski definition) is 2. The standard InChI is InChI=1S/C15H14ClF3N6O/c16-9-6-11-10(5-8(9)15(17,18)19)20-14(26-11)22-13-21-12(23-24-13)7-25-3-1-2-4-25/h5-6H,1-4,7H2,(H2,20,21,22,23,24). The minimum Gasteiger partial charge on any atom is -0.423 e. The van der Waals surface area contributed by atoms with Gasteiger partial charge in [0.05, 0.1) is 17.1 Å². The maximum Gasteiger partial charge on any atom is 0.417 e. The second-order valence-electron chi connectivity index (χ2n) is 6.05. The van der Waals surface area contributed by atoms with Crippen molar-refractivity contribution < 1.29 is 17.6 Å². The summed E-state index contributed by atoms with van der Waals surface area (Å²) in [5.74, 6) is 0.987. The molecule has 1 fully saturated rings. The molecule has 7 nitrogen and oxygen atoms in total. The van der Waals surface area contributed by atoms with Gasteiger partial charge in [0.25, 0.3) is 0 Å². The Morgan fingerprint density at radius 1 is 1.23 bits per heavy atom. The Kier molecular flexibility index (Phi) is 4.23. The maximum absolute atomic E-state index is 12.9. The summed E-state index contributed by atoms with van der Waals surface area (Å²) in [5, 5.41) is 10.3. The van der Waals surface area contributed by atoms with Gasteiger partial charge in [-0.2, -0.15) is 18.2 Å². The van der Waals surface area contributed by atoms with Gasteiger partial charge in [0.2, 0.25) is 5.95 Å². The minimum absolute atomic E-state index is 0.000682. The molecule has 1 aliphatic heterocycles. The first kappa shape index (κ1) is 17.1. The predicted molar refractivity (Wildman–Crippen MR) is 88.2 cm³/mol. The van der Waals surface area contributed by atoms with E-state index in [1.54, 1.807) is 0 Å². The topological polar surface area (TPSA) is 82.9 Å². The summed E-state index contributed by atoms with van der Waals surface area (Å²) in [5.41, 5.74) is -0.776. The van der Waals surface area contributed by atoms with Gasteiger partial charge in [-0.05, 0) is 32.0 Å². The van der Waals surface area contributed by atoms with Crippen LogP contribution in [0.4, 0.5) is 25.1 Å². The largest absolute Gasteiger partial charge is 0.423 e. The molecule has 0 bridgehead atoms. The van der Waals surface area contributed by atoms with Crippen molar-refractivity contribution in [3.8, 4) is 0 Å². The van der Waals surface area contributed by atoms with Gasteiger partial charge in [-0.15, -0.1) is 10.2 Å². The number of benzene rings is 1. The highest BCUT2D eigenvalue weighted by atomic mass is 35.5. The molecule has 1 aromatic carbocycles. The van der Waals surface area contributed by atoms with E-state index in [2.05, 4.69) is 30.4 Å². The first-order valence-corrected chi connectivity index (χ1v) is 8.34. The molecule has 2 aromatic heterocycles. The Bertz CT molecular complexity index is 931. The van der Waals surface area contributed by atoms with E-state index in [1.807, 2.05) is 0 Å². The Labute approximate surface area is 150 Å². The second kappa shape index (κ2) is 6.44. The highest BCUT2D eigenvalue weighted by Gasteiger charge is 2.34. The third-order valence-corrected chi connectivity index (χ3v) is 4.43. The summed E-state index contributed by atoms with van der Waals surface area (Å²) >= 11 is 5.68. The third-order valence-electron chi connectivity index (χ3n) is 4.11. The van der Waals surface area contributed by atoms with Crippen molar-refractivity contribution in [2.24, 2.45) is 0 Å². The predicted octanol–water partition coefficient (Wildman–Crippen LogP) is 3.96. The van der Waals surface area contributed by atoms with E-state index in [0.717, 1.165) is 25.2 Å². The van der Waals surface area contributed by atoms with Gasteiger partial charge in [-0.1, -0.05) is 11.6 Å². The maximum atomic E-state index is 12.9. The first-order valence-electron chi connectivity index (χ1n) is 7.97. The number of aromatic nitrogens is 4. The van der Waals surface area contributed by atoms with Crippen molar-refractivity contribution in [1.82, 2.24) is 25.1 Å². The fraction of sp³-hybridized carbons (Fsp3) is 0.400. The van der Waals surface area contributed by atoms with Crippen LogP contribution in [0.15, 0.2) is 16.5 Å². The van der Waals surface area contributed by atoms with Crippen LogP contribution in [-0.4, -0.2) is 38.2 Å². The molecule has 138 valence electrons. The number of H-pyrrole nitrogens is 1. The Balaban J connectivity index is 1.53. The van der Waals surface area contributed by atoms with Crippen molar-refractivity contribution in [2.75, 3.05) is 18.4 Å². The zero-order valence-electron chi connectivity index (χ0n) is 13.4. The molecule has 11 heteroatoms. The van der Waals surface area contributed by atoms with E-state index in [1.165, 1.54) is 12.8 Å². The molecule has 0 aliphatic carbocycles. The quantitative estimate of drug-likeness (QED) is 0.706. The van der Waals surface area contributed by atoms with Gasteiger partial charge in [-0.25, -0.2) is 0 Å².